The van der Waals surface area contributed by atoms with Gasteiger partial charge in [-0.15, -0.1) is 0 Å². The van der Waals surface area contributed by atoms with Crippen LogP contribution in [0.5, 0.6) is 17.2 Å². The van der Waals surface area contributed by atoms with Gasteiger partial charge in [-0.2, -0.15) is 5.10 Å². The molecule has 222 valence electrons. The first-order chi connectivity index (χ1) is 20.6. The summed E-state index contributed by atoms with van der Waals surface area (Å²) in [6.07, 6.45) is 3.03. The average molecular weight is 604 g/mol. The van der Waals surface area contributed by atoms with Crippen LogP contribution in [0.25, 0.3) is 28.1 Å². The van der Waals surface area contributed by atoms with Crippen molar-refractivity contribution in [3.63, 3.8) is 0 Å². The van der Waals surface area contributed by atoms with Crippen molar-refractivity contribution < 1.29 is 28.5 Å². The van der Waals surface area contributed by atoms with Gasteiger partial charge in [-0.1, -0.05) is 11.6 Å². The molecule has 0 saturated carbocycles. The van der Waals surface area contributed by atoms with Gasteiger partial charge in [-0.25, -0.2) is 4.68 Å². The molecule has 2 aliphatic rings. The Morgan fingerprint density at radius 2 is 1.86 bits per heavy atom. The van der Waals surface area contributed by atoms with E-state index in [1.165, 1.54) is 6.20 Å². The minimum Gasteiger partial charge on any atom is -0.497 e. The highest BCUT2D eigenvalue weighted by Crippen LogP contribution is 2.46. The monoisotopic (exact) mass is 603 g/mol. The number of pyridine rings is 1. The Hall–Kier alpha value is -4.61. The molecule has 0 aliphatic carbocycles. The lowest BCUT2D eigenvalue weighted by Gasteiger charge is -2.41. The van der Waals surface area contributed by atoms with E-state index in [0.717, 1.165) is 0 Å². The summed E-state index contributed by atoms with van der Waals surface area (Å²) >= 11 is 6.48. The highest BCUT2D eigenvalue weighted by molar-refractivity contribution is 6.30. The highest BCUT2D eigenvalue weighted by atomic mass is 35.5. The molecule has 1 fully saturated rings. The van der Waals surface area contributed by atoms with Crippen molar-refractivity contribution in [1.82, 2.24) is 19.7 Å². The zero-order valence-corrected chi connectivity index (χ0v) is 24.9. The SMILES string of the molecule is COc1cc(Cl)cc(-n2nc(C(=O)N3CCOCC3(C)C)c3c2-c2cc(-c4cncc(C(N)=O)c4)c(OC)cc2OC3)c1. The van der Waals surface area contributed by atoms with Crippen LogP contribution in [0.3, 0.4) is 0 Å². The molecule has 0 bridgehead atoms. The number of aromatic nitrogens is 3. The number of nitrogens with zero attached hydrogens (tertiary/aromatic N) is 4. The Labute approximate surface area is 253 Å². The summed E-state index contributed by atoms with van der Waals surface area (Å²) in [4.78, 5) is 32.1. The molecule has 2 amide bonds. The number of nitrogens with two attached hydrogens (primary N) is 1. The second kappa shape index (κ2) is 10.9. The van der Waals surface area contributed by atoms with Crippen LogP contribution in [0.4, 0.5) is 0 Å². The summed E-state index contributed by atoms with van der Waals surface area (Å²) in [6.45, 7) is 5.31. The van der Waals surface area contributed by atoms with Crippen LogP contribution in [0, 0.1) is 0 Å². The van der Waals surface area contributed by atoms with Crippen molar-refractivity contribution >= 4 is 23.4 Å². The van der Waals surface area contributed by atoms with Crippen molar-refractivity contribution in [2.24, 2.45) is 5.73 Å². The van der Waals surface area contributed by atoms with E-state index in [1.807, 2.05) is 19.9 Å². The molecule has 1 saturated heterocycles. The molecule has 0 spiro atoms. The van der Waals surface area contributed by atoms with Gasteiger partial charge in [0.1, 0.15) is 23.9 Å². The van der Waals surface area contributed by atoms with Gasteiger partial charge in [0.25, 0.3) is 5.91 Å². The number of rotatable bonds is 6. The van der Waals surface area contributed by atoms with Crippen LogP contribution in [0.15, 0.2) is 48.8 Å². The fourth-order valence-electron chi connectivity index (χ4n) is 5.51. The molecule has 43 heavy (non-hydrogen) atoms. The number of morpholine rings is 1. The second-order valence-electron chi connectivity index (χ2n) is 10.9. The molecule has 2 aliphatic heterocycles. The van der Waals surface area contributed by atoms with Crippen LogP contribution in [0.2, 0.25) is 5.02 Å². The third kappa shape index (κ3) is 5.04. The molecule has 2 aromatic carbocycles. The summed E-state index contributed by atoms with van der Waals surface area (Å²) in [5.41, 5.74) is 9.33. The number of ether oxygens (including phenoxy) is 4. The number of benzene rings is 2. The van der Waals surface area contributed by atoms with E-state index >= 15 is 0 Å². The minimum atomic E-state index is -0.598. The van der Waals surface area contributed by atoms with Crippen LogP contribution in [-0.2, 0) is 11.3 Å². The minimum absolute atomic E-state index is 0.104. The summed E-state index contributed by atoms with van der Waals surface area (Å²) in [7, 11) is 3.10. The maximum atomic E-state index is 14.1. The van der Waals surface area contributed by atoms with Crippen molar-refractivity contribution in [3.8, 4) is 45.3 Å². The zero-order chi connectivity index (χ0) is 30.5. The Bertz CT molecular complexity index is 1770. The van der Waals surface area contributed by atoms with E-state index in [1.54, 1.807) is 60.3 Å². The fraction of sp³-hybridized carbons (Fsp3) is 0.290. The molecule has 2 N–H and O–H groups in total. The number of hydrogen-bond donors (Lipinski definition) is 1. The molecule has 11 nitrogen and oxygen atoms in total. The average Bonchev–Trinajstić information content (AvgIpc) is 3.40. The number of primary amides is 1. The van der Waals surface area contributed by atoms with Crippen LogP contribution in [-0.4, -0.2) is 71.0 Å². The summed E-state index contributed by atoms with van der Waals surface area (Å²) < 4.78 is 24.8. The van der Waals surface area contributed by atoms with E-state index < -0.39 is 11.4 Å². The van der Waals surface area contributed by atoms with Crippen LogP contribution < -0.4 is 19.9 Å². The quantitative estimate of drug-likeness (QED) is 0.340. The van der Waals surface area contributed by atoms with Crippen molar-refractivity contribution in [1.29, 1.82) is 0 Å². The Balaban J connectivity index is 1.60. The largest absolute Gasteiger partial charge is 0.497 e. The number of methoxy groups -OCH3 is 2. The second-order valence-corrected chi connectivity index (χ2v) is 11.4. The molecule has 12 heteroatoms. The number of hydrogen-bond acceptors (Lipinski definition) is 8. The lowest BCUT2D eigenvalue weighted by molar-refractivity contribution is -0.0374. The van der Waals surface area contributed by atoms with E-state index in [4.69, 9.17) is 41.4 Å². The predicted octanol–water partition coefficient (Wildman–Crippen LogP) is 4.51. The number of amides is 2. The van der Waals surface area contributed by atoms with Gasteiger partial charge in [0, 0.05) is 58.3 Å². The van der Waals surface area contributed by atoms with Crippen LogP contribution >= 0.6 is 11.6 Å². The van der Waals surface area contributed by atoms with Gasteiger partial charge in [0.05, 0.1) is 49.9 Å². The summed E-state index contributed by atoms with van der Waals surface area (Å²) in [5.74, 6) is 0.752. The number of fused-ring (bicyclic) bond motifs is 3. The smallest absolute Gasteiger partial charge is 0.275 e. The third-order valence-electron chi connectivity index (χ3n) is 7.68. The summed E-state index contributed by atoms with van der Waals surface area (Å²) in [6, 6.07) is 10.5. The maximum absolute atomic E-state index is 14.1. The van der Waals surface area contributed by atoms with Gasteiger partial charge in [-0.05, 0) is 38.1 Å². The van der Waals surface area contributed by atoms with Crippen molar-refractivity contribution in [2.45, 2.75) is 26.0 Å². The molecule has 4 aromatic rings. The van der Waals surface area contributed by atoms with Crippen molar-refractivity contribution in [2.75, 3.05) is 34.0 Å². The third-order valence-corrected chi connectivity index (χ3v) is 7.89. The molecular weight excluding hydrogens is 574 g/mol. The maximum Gasteiger partial charge on any atom is 0.275 e. The number of carbonyl (C=O) groups excluding carboxylic acids is 2. The standard InChI is InChI=1S/C31H30ClN5O6/c1-31(2)16-42-6-5-36(31)30(39)27-24-15-43-26-12-25(41-4)22(17-7-18(29(33)38)14-34-13-17)11-23(26)28(24)37(35-27)20-8-19(32)9-21(10-20)40-3/h7-14H,5-6,15-16H2,1-4H3,(H2,33,38). The first-order valence-electron chi connectivity index (χ1n) is 13.6. The molecule has 2 aromatic heterocycles. The zero-order valence-electron chi connectivity index (χ0n) is 24.1. The Morgan fingerprint density at radius 1 is 1.05 bits per heavy atom. The molecule has 4 heterocycles. The Kier molecular flexibility index (Phi) is 7.23. The fourth-order valence-corrected chi connectivity index (χ4v) is 5.72. The topological polar surface area (TPSA) is 131 Å². The van der Waals surface area contributed by atoms with Gasteiger partial charge >= 0.3 is 0 Å². The number of carbonyl (C=O) groups is 2. The van der Waals surface area contributed by atoms with E-state index in [0.29, 0.717) is 75.7 Å². The van der Waals surface area contributed by atoms with E-state index in [2.05, 4.69) is 4.98 Å². The highest BCUT2D eigenvalue weighted by Gasteiger charge is 2.39. The predicted molar refractivity (Wildman–Crippen MR) is 159 cm³/mol. The molecule has 0 atom stereocenters. The van der Waals surface area contributed by atoms with E-state index in [9.17, 15) is 9.59 Å². The molecule has 0 unspecified atom stereocenters. The normalized spacial score (nSPS) is 15.2. The molecule has 6 rings (SSSR count). The number of halogens is 1. The first-order valence-corrected chi connectivity index (χ1v) is 14.0. The lowest BCUT2D eigenvalue weighted by atomic mass is 9.95. The lowest BCUT2D eigenvalue weighted by Crippen LogP contribution is -2.55. The summed E-state index contributed by atoms with van der Waals surface area (Å²) in [5, 5.41) is 5.33. The van der Waals surface area contributed by atoms with Gasteiger partial charge in [0.15, 0.2) is 5.69 Å². The van der Waals surface area contributed by atoms with Crippen molar-refractivity contribution in [3.05, 3.63) is 70.6 Å². The van der Waals surface area contributed by atoms with Gasteiger partial charge < -0.3 is 29.6 Å². The van der Waals surface area contributed by atoms with Gasteiger partial charge in [-0.3, -0.25) is 14.6 Å². The molecule has 0 radical (unpaired) electrons. The van der Waals surface area contributed by atoms with Gasteiger partial charge in [0.2, 0.25) is 5.91 Å². The Morgan fingerprint density at radius 3 is 2.58 bits per heavy atom. The van der Waals surface area contributed by atoms with E-state index in [-0.39, 0.29) is 23.8 Å². The first kappa shape index (κ1) is 28.5. The molecular formula is C31H30ClN5O6. The van der Waals surface area contributed by atoms with Crippen LogP contribution in [0.1, 0.15) is 40.3 Å².